The maximum Gasteiger partial charge on any atom is 0.178 e. The molecule has 0 saturated heterocycles. The van der Waals surface area contributed by atoms with E-state index >= 15 is 0 Å². The first-order chi connectivity index (χ1) is 10.8. The van der Waals surface area contributed by atoms with Crippen molar-refractivity contribution in [1.82, 2.24) is 10.2 Å². The molecule has 0 amide bonds. The molecule has 3 aromatic rings. The van der Waals surface area contributed by atoms with E-state index in [4.69, 9.17) is 9.84 Å². The third-order valence-corrected chi connectivity index (χ3v) is 3.25. The highest BCUT2D eigenvalue weighted by molar-refractivity contribution is 5.94. The molecule has 22 heavy (non-hydrogen) atoms. The second-order valence-electron chi connectivity index (χ2n) is 4.70. The second kappa shape index (κ2) is 6.13. The van der Waals surface area contributed by atoms with Crippen molar-refractivity contribution in [3.05, 3.63) is 72.2 Å². The van der Waals surface area contributed by atoms with E-state index < -0.39 is 0 Å². The molecular weight excluding hydrogens is 280 g/mol. The highest BCUT2D eigenvalue weighted by atomic mass is 16.5. The van der Waals surface area contributed by atoms with Crippen LogP contribution < -0.4 is 4.74 Å². The van der Waals surface area contributed by atoms with Gasteiger partial charge in [-0.3, -0.25) is 0 Å². The highest BCUT2D eigenvalue weighted by Crippen LogP contribution is 2.30. The predicted octanol–water partition coefficient (Wildman–Crippen LogP) is 3.62. The van der Waals surface area contributed by atoms with Gasteiger partial charge in [-0.05, 0) is 11.6 Å². The lowest BCUT2D eigenvalue weighted by Crippen LogP contribution is -1.99. The van der Waals surface area contributed by atoms with Gasteiger partial charge in [-0.15, -0.1) is 5.10 Å². The molecule has 2 N–H and O–H groups in total. The maximum absolute atomic E-state index is 9.79. The summed E-state index contributed by atoms with van der Waals surface area (Å²) >= 11 is 0. The third-order valence-electron chi connectivity index (χ3n) is 3.25. The number of ether oxygens (including phenoxy) is 1. The number of aliphatic hydroxyl groups is 2. The largest absolute Gasteiger partial charge is 0.512 e. The van der Waals surface area contributed by atoms with Crippen molar-refractivity contribution in [3.63, 3.8) is 0 Å². The van der Waals surface area contributed by atoms with Crippen LogP contribution in [0.2, 0.25) is 0 Å². The van der Waals surface area contributed by atoms with E-state index in [1.165, 1.54) is 0 Å². The Kier molecular flexibility index (Phi) is 3.87. The van der Waals surface area contributed by atoms with Crippen molar-refractivity contribution in [2.24, 2.45) is 0 Å². The molecule has 0 spiro atoms. The molecule has 1 heterocycles. The monoisotopic (exact) mass is 294 g/mol. The van der Waals surface area contributed by atoms with Crippen LogP contribution in [-0.2, 0) is 6.61 Å². The number of hydrogen-bond acceptors (Lipinski definition) is 5. The Morgan fingerprint density at radius 1 is 1.09 bits per heavy atom. The molecule has 5 heteroatoms. The first-order valence-corrected chi connectivity index (χ1v) is 6.74. The minimum absolute atomic E-state index is 0.184. The molecule has 0 unspecified atom stereocenters. The lowest BCUT2D eigenvalue weighted by molar-refractivity contribution is 0.310. The summed E-state index contributed by atoms with van der Waals surface area (Å²) in [6.45, 7) is 0.394. The molecule has 0 bridgehead atoms. The zero-order chi connectivity index (χ0) is 15.4. The average Bonchev–Trinajstić information content (AvgIpc) is 2.59. The second-order valence-corrected chi connectivity index (χ2v) is 4.70. The van der Waals surface area contributed by atoms with E-state index in [1.54, 1.807) is 12.3 Å². The van der Waals surface area contributed by atoms with E-state index in [2.05, 4.69) is 10.2 Å². The van der Waals surface area contributed by atoms with Crippen molar-refractivity contribution in [2.45, 2.75) is 6.61 Å². The van der Waals surface area contributed by atoms with Gasteiger partial charge in [0.05, 0.1) is 11.6 Å². The Bertz CT molecular complexity index is 811. The number of fused-ring (bicyclic) bond motifs is 1. The molecule has 2 aromatic carbocycles. The number of aromatic nitrogens is 2. The molecule has 0 fully saturated rings. The number of benzene rings is 2. The van der Waals surface area contributed by atoms with E-state index in [-0.39, 0.29) is 11.5 Å². The minimum atomic E-state index is -0.353. The SMILES string of the molecule is OC=C(O)c1nncc2cccc(OCc3ccccc3)c12. The van der Waals surface area contributed by atoms with E-state index in [9.17, 15) is 5.11 Å². The van der Waals surface area contributed by atoms with Crippen molar-refractivity contribution >= 4 is 16.5 Å². The van der Waals surface area contributed by atoms with E-state index in [1.807, 2.05) is 42.5 Å². The van der Waals surface area contributed by atoms with Crippen molar-refractivity contribution < 1.29 is 14.9 Å². The van der Waals surface area contributed by atoms with E-state index in [0.29, 0.717) is 24.0 Å². The van der Waals surface area contributed by atoms with E-state index in [0.717, 1.165) is 10.9 Å². The van der Waals surface area contributed by atoms with Crippen molar-refractivity contribution in [1.29, 1.82) is 0 Å². The fourth-order valence-electron chi connectivity index (χ4n) is 2.20. The lowest BCUT2D eigenvalue weighted by Gasteiger charge is -2.11. The van der Waals surface area contributed by atoms with Gasteiger partial charge in [-0.2, -0.15) is 5.10 Å². The fraction of sp³-hybridized carbons (Fsp3) is 0.0588. The number of aliphatic hydroxyl groups excluding tert-OH is 2. The lowest BCUT2D eigenvalue weighted by atomic mass is 10.1. The topological polar surface area (TPSA) is 75.5 Å². The molecule has 3 rings (SSSR count). The first-order valence-electron chi connectivity index (χ1n) is 6.74. The van der Waals surface area contributed by atoms with Crippen LogP contribution in [0.5, 0.6) is 5.75 Å². The van der Waals surface area contributed by atoms with Gasteiger partial charge in [0.15, 0.2) is 5.76 Å². The van der Waals surface area contributed by atoms with Crippen molar-refractivity contribution in [2.75, 3.05) is 0 Å². The Labute approximate surface area is 127 Å². The molecule has 0 aliphatic carbocycles. The van der Waals surface area contributed by atoms with Gasteiger partial charge in [0, 0.05) is 5.39 Å². The molecule has 110 valence electrons. The zero-order valence-electron chi connectivity index (χ0n) is 11.7. The van der Waals surface area contributed by atoms with Crippen LogP contribution >= 0.6 is 0 Å². The fourth-order valence-corrected chi connectivity index (χ4v) is 2.20. The summed E-state index contributed by atoms with van der Waals surface area (Å²) in [7, 11) is 0. The number of nitrogens with zero attached hydrogens (tertiary/aromatic N) is 2. The summed E-state index contributed by atoms with van der Waals surface area (Å²) in [5.41, 5.74) is 1.22. The first kappa shape index (κ1) is 13.9. The van der Waals surface area contributed by atoms with Gasteiger partial charge in [0.2, 0.25) is 0 Å². The van der Waals surface area contributed by atoms with Crippen LogP contribution in [0.1, 0.15) is 11.3 Å². The van der Waals surface area contributed by atoms with Gasteiger partial charge in [-0.25, -0.2) is 0 Å². The number of rotatable bonds is 4. The van der Waals surface area contributed by atoms with Crippen LogP contribution in [0, 0.1) is 0 Å². The predicted molar refractivity (Wildman–Crippen MR) is 83.5 cm³/mol. The highest BCUT2D eigenvalue weighted by Gasteiger charge is 2.13. The Hall–Kier alpha value is -3.08. The molecule has 0 radical (unpaired) electrons. The normalized spacial score (nSPS) is 11.5. The Morgan fingerprint density at radius 3 is 2.68 bits per heavy atom. The van der Waals surface area contributed by atoms with Gasteiger partial charge in [0.25, 0.3) is 0 Å². The van der Waals surface area contributed by atoms with Gasteiger partial charge in [0.1, 0.15) is 24.3 Å². The average molecular weight is 294 g/mol. The summed E-state index contributed by atoms with van der Waals surface area (Å²) in [5, 5.41) is 27.9. The Morgan fingerprint density at radius 2 is 1.91 bits per heavy atom. The smallest absolute Gasteiger partial charge is 0.178 e. The standard InChI is InChI=1S/C17H14N2O3/c20-10-14(21)17-16-13(9-18-19-17)7-4-8-15(16)22-11-12-5-2-1-3-6-12/h1-10,20-21H,11H2. The molecular formula is C17H14N2O3. The zero-order valence-corrected chi connectivity index (χ0v) is 11.7. The van der Waals surface area contributed by atoms with Crippen LogP contribution in [-0.4, -0.2) is 20.4 Å². The van der Waals surface area contributed by atoms with Gasteiger partial charge >= 0.3 is 0 Å². The minimum Gasteiger partial charge on any atom is -0.512 e. The van der Waals surface area contributed by atoms with Crippen molar-refractivity contribution in [3.8, 4) is 5.75 Å². The summed E-state index contributed by atoms with van der Waals surface area (Å²) < 4.78 is 5.85. The molecule has 0 aliphatic rings. The third kappa shape index (κ3) is 2.69. The Balaban J connectivity index is 2.02. The quantitative estimate of drug-likeness (QED) is 0.719. The van der Waals surface area contributed by atoms with Gasteiger partial charge < -0.3 is 14.9 Å². The summed E-state index contributed by atoms with van der Waals surface area (Å²) in [5.74, 6) is 0.216. The summed E-state index contributed by atoms with van der Waals surface area (Å²) in [4.78, 5) is 0. The summed E-state index contributed by atoms with van der Waals surface area (Å²) in [6, 6.07) is 15.2. The van der Waals surface area contributed by atoms with Crippen LogP contribution in [0.15, 0.2) is 61.0 Å². The molecule has 0 saturated carbocycles. The molecule has 1 aromatic heterocycles. The van der Waals surface area contributed by atoms with Crippen LogP contribution in [0.4, 0.5) is 0 Å². The van der Waals surface area contributed by atoms with Gasteiger partial charge in [-0.1, -0.05) is 42.5 Å². The van der Waals surface area contributed by atoms with Crippen LogP contribution in [0.25, 0.3) is 16.5 Å². The summed E-state index contributed by atoms with van der Waals surface area (Å²) in [6.07, 6.45) is 2.18. The number of hydrogen-bond donors (Lipinski definition) is 2. The molecule has 5 nitrogen and oxygen atoms in total. The molecule has 0 aliphatic heterocycles. The molecule has 0 atom stereocenters. The van der Waals surface area contributed by atoms with Crippen LogP contribution in [0.3, 0.4) is 0 Å². The maximum atomic E-state index is 9.79.